The summed E-state index contributed by atoms with van der Waals surface area (Å²) >= 11 is 6.01. The summed E-state index contributed by atoms with van der Waals surface area (Å²) in [5.74, 6) is 0.960. The molecule has 0 unspecified atom stereocenters. The van der Waals surface area contributed by atoms with Crippen molar-refractivity contribution in [1.82, 2.24) is 4.90 Å². The van der Waals surface area contributed by atoms with Crippen molar-refractivity contribution in [2.45, 2.75) is 6.10 Å². The number of nitro benzene ring substituents is 1. The molecule has 1 aliphatic heterocycles. The molecule has 0 bridgehead atoms. The second-order valence-corrected chi connectivity index (χ2v) is 6.01. The fourth-order valence-electron chi connectivity index (χ4n) is 2.54. The number of fused-ring (bicyclic) bond motifs is 1. The van der Waals surface area contributed by atoms with Gasteiger partial charge >= 0.3 is 0 Å². The number of nitrogens with zero attached hydrogens (tertiary/aromatic N) is 2. The summed E-state index contributed by atoms with van der Waals surface area (Å²) in [7, 11) is 1.62. The van der Waals surface area contributed by atoms with Crippen LogP contribution < -0.4 is 9.47 Å². The van der Waals surface area contributed by atoms with Crippen LogP contribution in [0.5, 0.6) is 11.5 Å². The van der Waals surface area contributed by atoms with Crippen molar-refractivity contribution in [3.63, 3.8) is 0 Å². The van der Waals surface area contributed by atoms with Gasteiger partial charge in [-0.1, -0.05) is 23.7 Å². The summed E-state index contributed by atoms with van der Waals surface area (Å²) in [6.07, 6.45) is -0.319. The van der Waals surface area contributed by atoms with Gasteiger partial charge in [0.1, 0.15) is 6.61 Å². The summed E-state index contributed by atoms with van der Waals surface area (Å²) in [6, 6.07) is 11.1. The number of nitro groups is 1. The zero-order valence-electron chi connectivity index (χ0n) is 13.3. The third-order valence-electron chi connectivity index (χ3n) is 3.79. The molecule has 0 spiro atoms. The molecule has 7 nitrogen and oxygen atoms in total. The van der Waals surface area contributed by atoms with E-state index < -0.39 is 4.92 Å². The second-order valence-electron chi connectivity index (χ2n) is 5.60. The van der Waals surface area contributed by atoms with Crippen LogP contribution in [0.1, 0.15) is 10.4 Å². The van der Waals surface area contributed by atoms with Gasteiger partial charge in [-0.05, 0) is 18.2 Å². The molecule has 2 aromatic rings. The van der Waals surface area contributed by atoms with Crippen molar-refractivity contribution in [3.05, 3.63) is 63.2 Å². The number of rotatable bonds is 4. The SMILES string of the molecule is CN(C[C@H]1COc2ccccc2O1)C(=O)c1ccc([N+](=O)[O-])cc1Cl. The Hall–Kier alpha value is -2.80. The normalized spacial score (nSPS) is 15.5. The molecule has 130 valence electrons. The highest BCUT2D eigenvalue weighted by atomic mass is 35.5. The molecule has 3 rings (SSSR count). The second kappa shape index (κ2) is 6.98. The van der Waals surface area contributed by atoms with Gasteiger partial charge in [0, 0.05) is 19.2 Å². The summed E-state index contributed by atoms with van der Waals surface area (Å²) in [5, 5.41) is 10.8. The number of carbonyl (C=O) groups is 1. The number of ether oxygens (including phenoxy) is 2. The lowest BCUT2D eigenvalue weighted by molar-refractivity contribution is -0.384. The predicted octanol–water partition coefficient (Wildman–Crippen LogP) is 3.16. The molecular weight excluding hydrogens is 348 g/mol. The number of hydrogen-bond donors (Lipinski definition) is 0. The third-order valence-corrected chi connectivity index (χ3v) is 4.10. The molecule has 1 aliphatic rings. The number of likely N-dealkylation sites (N-methyl/N-ethyl adjacent to an activating group) is 1. The van der Waals surface area contributed by atoms with Crippen molar-refractivity contribution >= 4 is 23.2 Å². The van der Waals surface area contributed by atoms with Crippen molar-refractivity contribution < 1.29 is 19.2 Å². The number of amides is 1. The van der Waals surface area contributed by atoms with E-state index in [1.54, 1.807) is 13.1 Å². The highest BCUT2D eigenvalue weighted by molar-refractivity contribution is 6.34. The minimum absolute atomic E-state index is 0.0391. The van der Waals surface area contributed by atoms with E-state index in [2.05, 4.69) is 0 Å². The van der Waals surface area contributed by atoms with Gasteiger partial charge in [-0.3, -0.25) is 14.9 Å². The molecule has 1 atom stereocenters. The van der Waals surface area contributed by atoms with Crippen LogP contribution in [0.15, 0.2) is 42.5 Å². The molecule has 0 saturated carbocycles. The largest absolute Gasteiger partial charge is 0.486 e. The molecule has 0 N–H and O–H groups in total. The number of para-hydroxylation sites is 2. The Morgan fingerprint density at radius 3 is 2.72 bits per heavy atom. The standard InChI is InChI=1S/C17H15ClN2O5/c1-19(9-12-10-24-15-4-2-3-5-16(15)25-12)17(21)13-7-6-11(20(22)23)8-14(13)18/h2-8,12H,9-10H2,1H3/t12-/m0/s1. The van der Waals surface area contributed by atoms with Crippen LogP contribution in [0.3, 0.4) is 0 Å². The molecule has 0 fully saturated rings. The Bertz CT molecular complexity index is 826. The molecule has 0 aromatic heterocycles. The van der Waals surface area contributed by atoms with E-state index in [0.29, 0.717) is 24.7 Å². The highest BCUT2D eigenvalue weighted by Crippen LogP contribution is 2.31. The van der Waals surface area contributed by atoms with Gasteiger partial charge in [0.15, 0.2) is 17.6 Å². The van der Waals surface area contributed by atoms with E-state index >= 15 is 0 Å². The van der Waals surface area contributed by atoms with Crippen LogP contribution in [-0.4, -0.2) is 42.0 Å². The number of benzene rings is 2. The Balaban J connectivity index is 1.68. The van der Waals surface area contributed by atoms with Crippen LogP contribution in [0.25, 0.3) is 0 Å². The first-order valence-electron chi connectivity index (χ1n) is 7.53. The number of non-ortho nitro benzene ring substituents is 1. The molecule has 0 aliphatic carbocycles. The topological polar surface area (TPSA) is 81.9 Å². The van der Waals surface area contributed by atoms with E-state index in [-0.39, 0.29) is 28.3 Å². The first-order chi connectivity index (χ1) is 12.0. The maximum atomic E-state index is 12.5. The van der Waals surface area contributed by atoms with Crippen LogP contribution in [0.4, 0.5) is 5.69 Å². The Morgan fingerprint density at radius 1 is 1.32 bits per heavy atom. The Kier molecular flexibility index (Phi) is 4.76. The van der Waals surface area contributed by atoms with Crippen LogP contribution >= 0.6 is 11.6 Å². The predicted molar refractivity (Wildman–Crippen MR) is 91.4 cm³/mol. The molecule has 1 heterocycles. The molecule has 8 heteroatoms. The zero-order chi connectivity index (χ0) is 18.0. The van der Waals surface area contributed by atoms with Crippen LogP contribution in [0.2, 0.25) is 5.02 Å². The average molecular weight is 363 g/mol. The third kappa shape index (κ3) is 3.66. The number of halogens is 1. The molecule has 0 saturated heterocycles. The van der Waals surface area contributed by atoms with Gasteiger partial charge in [-0.15, -0.1) is 0 Å². The lowest BCUT2D eigenvalue weighted by atomic mass is 10.1. The average Bonchev–Trinajstić information content (AvgIpc) is 2.60. The summed E-state index contributed by atoms with van der Waals surface area (Å²) in [6.45, 7) is 0.614. The van der Waals surface area contributed by atoms with Crippen molar-refractivity contribution in [2.24, 2.45) is 0 Å². The maximum Gasteiger partial charge on any atom is 0.270 e. The zero-order valence-corrected chi connectivity index (χ0v) is 14.1. The minimum atomic E-state index is -0.561. The summed E-state index contributed by atoms with van der Waals surface area (Å²) in [4.78, 5) is 24.2. The van der Waals surface area contributed by atoms with E-state index in [9.17, 15) is 14.9 Å². The summed E-state index contributed by atoms with van der Waals surface area (Å²) in [5.41, 5.74) is 0.0386. The fraction of sp³-hybridized carbons (Fsp3) is 0.235. The Labute approximate surface area is 148 Å². The quantitative estimate of drug-likeness (QED) is 0.616. The lowest BCUT2D eigenvalue weighted by Crippen LogP contribution is -2.41. The number of carbonyl (C=O) groups excluding carboxylic acids is 1. The van der Waals surface area contributed by atoms with Gasteiger partial charge in [0.05, 0.1) is 22.1 Å². The van der Waals surface area contributed by atoms with E-state index in [1.165, 1.54) is 23.1 Å². The van der Waals surface area contributed by atoms with Crippen LogP contribution in [-0.2, 0) is 0 Å². The number of hydrogen-bond acceptors (Lipinski definition) is 5. The van der Waals surface area contributed by atoms with Gasteiger partial charge in [-0.25, -0.2) is 0 Å². The fourth-order valence-corrected chi connectivity index (χ4v) is 2.79. The molecule has 2 aromatic carbocycles. The monoisotopic (exact) mass is 362 g/mol. The van der Waals surface area contributed by atoms with Crippen molar-refractivity contribution in [1.29, 1.82) is 0 Å². The summed E-state index contributed by atoms with van der Waals surface area (Å²) < 4.78 is 11.5. The van der Waals surface area contributed by atoms with Gasteiger partial charge in [0.2, 0.25) is 0 Å². The van der Waals surface area contributed by atoms with Crippen molar-refractivity contribution in [3.8, 4) is 11.5 Å². The van der Waals surface area contributed by atoms with Gasteiger partial charge < -0.3 is 14.4 Å². The Morgan fingerprint density at radius 2 is 2.04 bits per heavy atom. The molecular formula is C17H15ClN2O5. The highest BCUT2D eigenvalue weighted by Gasteiger charge is 2.25. The van der Waals surface area contributed by atoms with E-state index in [0.717, 1.165) is 0 Å². The van der Waals surface area contributed by atoms with Gasteiger partial charge in [-0.2, -0.15) is 0 Å². The first-order valence-corrected chi connectivity index (χ1v) is 7.91. The minimum Gasteiger partial charge on any atom is -0.486 e. The van der Waals surface area contributed by atoms with E-state index in [1.807, 2.05) is 18.2 Å². The molecule has 25 heavy (non-hydrogen) atoms. The molecule has 1 amide bonds. The lowest BCUT2D eigenvalue weighted by Gasteiger charge is -2.29. The smallest absolute Gasteiger partial charge is 0.270 e. The first kappa shape index (κ1) is 17.0. The van der Waals surface area contributed by atoms with Gasteiger partial charge in [0.25, 0.3) is 11.6 Å². The molecule has 0 radical (unpaired) electrons. The van der Waals surface area contributed by atoms with Crippen LogP contribution in [0, 0.1) is 10.1 Å². The maximum absolute atomic E-state index is 12.5. The van der Waals surface area contributed by atoms with E-state index in [4.69, 9.17) is 21.1 Å². The van der Waals surface area contributed by atoms with Crippen molar-refractivity contribution in [2.75, 3.05) is 20.2 Å².